The molecular formula is C14H21ClN2O2. The molecule has 1 aromatic rings. The first-order valence-corrected chi connectivity index (χ1v) is 6.52. The monoisotopic (exact) mass is 284 g/mol. The SMILES string of the molecule is Cc1ccc(NC(=O)CC[NH+]2CCOCC2)cc1.[Cl-]. The molecule has 0 aromatic heterocycles. The lowest BCUT2D eigenvalue weighted by molar-refractivity contribution is -0.907. The van der Waals surface area contributed by atoms with Crippen molar-refractivity contribution in [2.24, 2.45) is 0 Å². The number of ether oxygens (including phenoxy) is 1. The van der Waals surface area contributed by atoms with E-state index in [9.17, 15) is 4.79 Å². The Balaban J connectivity index is 0.00000180. The smallest absolute Gasteiger partial charge is 0.230 e. The molecule has 0 unspecified atom stereocenters. The number of amides is 1. The van der Waals surface area contributed by atoms with Gasteiger partial charge in [0.05, 0.1) is 26.2 Å². The number of carbonyl (C=O) groups is 1. The fraction of sp³-hybridized carbons (Fsp3) is 0.500. The molecule has 2 N–H and O–H groups in total. The Kier molecular flexibility index (Phi) is 6.84. The molecule has 1 amide bonds. The summed E-state index contributed by atoms with van der Waals surface area (Å²) in [6.45, 7) is 6.58. The number of benzene rings is 1. The standard InChI is InChI=1S/C14H20N2O2.ClH/c1-12-2-4-13(5-3-12)15-14(17)6-7-16-8-10-18-11-9-16;/h2-5H,6-11H2,1H3,(H,15,17);1H. The van der Waals surface area contributed by atoms with Crippen molar-refractivity contribution in [1.82, 2.24) is 0 Å². The van der Waals surface area contributed by atoms with Crippen molar-refractivity contribution >= 4 is 11.6 Å². The van der Waals surface area contributed by atoms with Gasteiger partial charge >= 0.3 is 0 Å². The van der Waals surface area contributed by atoms with Crippen LogP contribution in [0.3, 0.4) is 0 Å². The van der Waals surface area contributed by atoms with Crippen LogP contribution in [0.2, 0.25) is 0 Å². The molecule has 19 heavy (non-hydrogen) atoms. The van der Waals surface area contributed by atoms with Gasteiger partial charge in [-0.1, -0.05) is 17.7 Å². The van der Waals surface area contributed by atoms with Gasteiger partial charge in [-0.05, 0) is 19.1 Å². The first kappa shape index (κ1) is 16.0. The number of aryl methyl sites for hydroxylation is 1. The van der Waals surface area contributed by atoms with E-state index < -0.39 is 0 Å². The Morgan fingerprint density at radius 2 is 1.89 bits per heavy atom. The minimum atomic E-state index is 0. The number of anilines is 1. The van der Waals surface area contributed by atoms with Crippen LogP contribution < -0.4 is 22.6 Å². The topological polar surface area (TPSA) is 42.8 Å². The van der Waals surface area contributed by atoms with Crippen molar-refractivity contribution in [1.29, 1.82) is 0 Å². The van der Waals surface area contributed by atoms with E-state index in [-0.39, 0.29) is 18.3 Å². The van der Waals surface area contributed by atoms with Crippen LogP contribution in [-0.4, -0.2) is 38.8 Å². The highest BCUT2D eigenvalue weighted by molar-refractivity contribution is 5.90. The predicted molar refractivity (Wildman–Crippen MR) is 70.8 cm³/mol. The van der Waals surface area contributed by atoms with Crippen LogP contribution in [-0.2, 0) is 9.53 Å². The van der Waals surface area contributed by atoms with Crippen molar-refractivity contribution < 1.29 is 26.8 Å². The molecule has 1 fully saturated rings. The lowest BCUT2D eigenvalue weighted by Gasteiger charge is -2.23. The van der Waals surface area contributed by atoms with Gasteiger partial charge in [-0.25, -0.2) is 0 Å². The number of halogens is 1. The molecule has 1 heterocycles. The van der Waals surface area contributed by atoms with Gasteiger partial charge in [0.2, 0.25) is 5.91 Å². The van der Waals surface area contributed by atoms with Crippen LogP contribution in [0, 0.1) is 6.92 Å². The van der Waals surface area contributed by atoms with E-state index in [1.165, 1.54) is 10.5 Å². The number of rotatable bonds is 4. The summed E-state index contributed by atoms with van der Waals surface area (Å²) in [6, 6.07) is 7.88. The third-order valence-corrected chi connectivity index (χ3v) is 3.24. The molecule has 0 spiro atoms. The summed E-state index contributed by atoms with van der Waals surface area (Å²) in [4.78, 5) is 13.2. The number of nitrogens with one attached hydrogen (secondary N) is 2. The Bertz CT molecular complexity index is 389. The van der Waals surface area contributed by atoms with Crippen LogP contribution in [0.4, 0.5) is 5.69 Å². The molecule has 1 aliphatic heterocycles. The molecule has 0 saturated carbocycles. The molecule has 1 aromatic carbocycles. The molecule has 2 rings (SSSR count). The van der Waals surface area contributed by atoms with Crippen LogP contribution in [0.1, 0.15) is 12.0 Å². The highest BCUT2D eigenvalue weighted by Gasteiger charge is 2.15. The fourth-order valence-corrected chi connectivity index (χ4v) is 2.06. The lowest BCUT2D eigenvalue weighted by Crippen LogP contribution is -3.14. The summed E-state index contributed by atoms with van der Waals surface area (Å²) in [6.07, 6.45) is 0.573. The highest BCUT2D eigenvalue weighted by atomic mass is 35.5. The summed E-state index contributed by atoms with van der Waals surface area (Å²) < 4.78 is 5.29. The van der Waals surface area contributed by atoms with E-state index in [0.717, 1.165) is 38.5 Å². The van der Waals surface area contributed by atoms with E-state index >= 15 is 0 Å². The van der Waals surface area contributed by atoms with Crippen molar-refractivity contribution in [3.63, 3.8) is 0 Å². The van der Waals surface area contributed by atoms with Gasteiger partial charge in [0.1, 0.15) is 13.1 Å². The summed E-state index contributed by atoms with van der Waals surface area (Å²) in [7, 11) is 0. The average Bonchev–Trinajstić information content (AvgIpc) is 2.40. The van der Waals surface area contributed by atoms with Gasteiger partial charge in [0.25, 0.3) is 0 Å². The maximum Gasteiger partial charge on any atom is 0.230 e. The largest absolute Gasteiger partial charge is 1.00 e. The molecule has 0 atom stereocenters. The molecule has 0 aliphatic carbocycles. The highest BCUT2D eigenvalue weighted by Crippen LogP contribution is 2.08. The van der Waals surface area contributed by atoms with Crippen molar-refractivity contribution in [3.05, 3.63) is 29.8 Å². The zero-order valence-corrected chi connectivity index (χ0v) is 12.0. The van der Waals surface area contributed by atoms with E-state index in [4.69, 9.17) is 4.74 Å². The Morgan fingerprint density at radius 1 is 1.26 bits per heavy atom. The van der Waals surface area contributed by atoms with Crippen molar-refractivity contribution in [3.8, 4) is 0 Å². The minimum Gasteiger partial charge on any atom is -1.00 e. The molecule has 106 valence electrons. The Labute approximate surface area is 120 Å². The molecule has 4 nitrogen and oxygen atoms in total. The fourth-order valence-electron chi connectivity index (χ4n) is 2.06. The maximum atomic E-state index is 11.8. The molecular weight excluding hydrogens is 264 g/mol. The molecule has 1 saturated heterocycles. The quantitative estimate of drug-likeness (QED) is 0.629. The van der Waals surface area contributed by atoms with E-state index in [2.05, 4.69) is 5.32 Å². The number of hydrogen-bond acceptors (Lipinski definition) is 2. The Morgan fingerprint density at radius 3 is 2.53 bits per heavy atom. The van der Waals surface area contributed by atoms with Gasteiger partial charge in [-0.15, -0.1) is 0 Å². The van der Waals surface area contributed by atoms with E-state index in [0.29, 0.717) is 6.42 Å². The van der Waals surface area contributed by atoms with Gasteiger partial charge < -0.3 is 27.4 Å². The second-order valence-corrected chi connectivity index (χ2v) is 4.78. The third-order valence-electron chi connectivity index (χ3n) is 3.24. The molecule has 0 radical (unpaired) electrons. The summed E-state index contributed by atoms with van der Waals surface area (Å²) in [5.74, 6) is 0.0952. The van der Waals surface area contributed by atoms with Gasteiger partial charge in [0, 0.05) is 5.69 Å². The number of carbonyl (C=O) groups excluding carboxylic acids is 1. The zero-order valence-electron chi connectivity index (χ0n) is 11.2. The van der Waals surface area contributed by atoms with Gasteiger partial charge in [0.15, 0.2) is 0 Å². The normalized spacial score (nSPS) is 15.6. The van der Waals surface area contributed by atoms with Crippen LogP contribution in [0.15, 0.2) is 24.3 Å². The maximum absolute atomic E-state index is 11.8. The minimum absolute atomic E-state index is 0. The second-order valence-electron chi connectivity index (χ2n) is 4.78. The first-order chi connectivity index (χ1) is 8.74. The van der Waals surface area contributed by atoms with Crippen LogP contribution in [0.25, 0.3) is 0 Å². The van der Waals surface area contributed by atoms with E-state index in [1.807, 2.05) is 31.2 Å². The molecule has 0 bridgehead atoms. The predicted octanol–water partition coefficient (Wildman–Crippen LogP) is -2.76. The zero-order chi connectivity index (χ0) is 12.8. The number of hydrogen-bond donors (Lipinski definition) is 2. The first-order valence-electron chi connectivity index (χ1n) is 6.52. The number of quaternary nitrogens is 1. The molecule has 1 aliphatic rings. The van der Waals surface area contributed by atoms with Gasteiger partial charge in [-0.3, -0.25) is 4.79 Å². The van der Waals surface area contributed by atoms with Crippen molar-refractivity contribution in [2.75, 3.05) is 38.2 Å². The lowest BCUT2D eigenvalue weighted by atomic mass is 10.2. The van der Waals surface area contributed by atoms with E-state index in [1.54, 1.807) is 0 Å². The summed E-state index contributed by atoms with van der Waals surface area (Å²) >= 11 is 0. The summed E-state index contributed by atoms with van der Waals surface area (Å²) in [5, 5.41) is 2.93. The molecule has 5 heteroatoms. The van der Waals surface area contributed by atoms with Crippen molar-refractivity contribution in [2.45, 2.75) is 13.3 Å². The second kappa shape index (κ2) is 8.15. The Hall–Kier alpha value is -1.10. The number of morpholine rings is 1. The average molecular weight is 285 g/mol. The van der Waals surface area contributed by atoms with Crippen LogP contribution in [0.5, 0.6) is 0 Å². The van der Waals surface area contributed by atoms with Crippen LogP contribution >= 0.6 is 0 Å². The summed E-state index contributed by atoms with van der Waals surface area (Å²) in [5.41, 5.74) is 2.08. The third kappa shape index (κ3) is 5.59. The van der Waals surface area contributed by atoms with Gasteiger partial charge in [-0.2, -0.15) is 0 Å².